The average molecular weight is 201 g/mol. The summed E-state index contributed by atoms with van der Waals surface area (Å²) in [6.45, 7) is 0. The van der Waals surface area contributed by atoms with Crippen molar-refractivity contribution >= 4 is 0 Å². The minimum absolute atomic E-state index is 0.0909. The van der Waals surface area contributed by atoms with Gasteiger partial charge in [0.2, 0.25) is 0 Å². The monoisotopic (exact) mass is 201 g/mol. The summed E-state index contributed by atoms with van der Waals surface area (Å²) < 4.78 is 5.17. The van der Waals surface area contributed by atoms with Crippen molar-refractivity contribution in [3.8, 4) is 11.8 Å². The molecule has 0 aliphatic heterocycles. The van der Waals surface area contributed by atoms with E-state index in [2.05, 4.69) is 12.1 Å². The molecule has 2 nitrogen and oxygen atoms in total. The Labute approximate surface area is 90.5 Å². The summed E-state index contributed by atoms with van der Waals surface area (Å²) >= 11 is 0. The zero-order valence-corrected chi connectivity index (χ0v) is 8.99. The van der Waals surface area contributed by atoms with Crippen molar-refractivity contribution < 1.29 is 4.74 Å². The average Bonchev–Trinajstić information content (AvgIpc) is 2.24. The van der Waals surface area contributed by atoms with Crippen molar-refractivity contribution in [1.29, 1.82) is 5.26 Å². The van der Waals surface area contributed by atoms with E-state index in [1.807, 2.05) is 18.2 Å². The normalized spacial score (nSPS) is 17.6. The summed E-state index contributed by atoms with van der Waals surface area (Å²) in [4.78, 5) is 0. The molecule has 1 aromatic carbocycles. The largest absolute Gasteiger partial charge is 0.497 e. The number of benzene rings is 1. The second kappa shape index (κ2) is 3.94. The van der Waals surface area contributed by atoms with E-state index in [9.17, 15) is 0 Å². The third-order valence-electron chi connectivity index (χ3n) is 3.22. The fourth-order valence-electron chi connectivity index (χ4n) is 2.10. The minimum Gasteiger partial charge on any atom is -0.497 e. The summed E-state index contributed by atoms with van der Waals surface area (Å²) in [5, 5.41) is 9.14. The molecule has 15 heavy (non-hydrogen) atoms. The molecule has 1 aliphatic carbocycles. The van der Waals surface area contributed by atoms with Crippen LogP contribution in [0.25, 0.3) is 0 Å². The topological polar surface area (TPSA) is 33.0 Å². The molecule has 1 aromatic rings. The third-order valence-corrected chi connectivity index (χ3v) is 3.22. The lowest BCUT2D eigenvalue weighted by Gasteiger charge is -2.35. The maximum absolute atomic E-state index is 9.14. The van der Waals surface area contributed by atoms with Crippen LogP contribution in [0.3, 0.4) is 0 Å². The van der Waals surface area contributed by atoms with E-state index >= 15 is 0 Å². The van der Waals surface area contributed by atoms with Crippen molar-refractivity contribution in [2.75, 3.05) is 7.11 Å². The van der Waals surface area contributed by atoms with E-state index in [4.69, 9.17) is 10.00 Å². The Morgan fingerprint density at radius 3 is 2.80 bits per heavy atom. The van der Waals surface area contributed by atoms with E-state index in [1.54, 1.807) is 7.11 Å². The van der Waals surface area contributed by atoms with Crippen LogP contribution in [-0.4, -0.2) is 7.11 Å². The van der Waals surface area contributed by atoms with E-state index < -0.39 is 0 Å². The third kappa shape index (κ3) is 1.97. The zero-order chi connectivity index (χ0) is 10.7. The summed E-state index contributed by atoms with van der Waals surface area (Å²) in [5.74, 6) is 0.875. The number of ether oxygens (including phenoxy) is 1. The number of hydrogen-bond donors (Lipinski definition) is 0. The van der Waals surface area contributed by atoms with Gasteiger partial charge in [0, 0.05) is 0 Å². The molecule has 0 atom stereocenters. The van der Waals surface area contributed by atoms with Gasteiger partial charge < -0.3 is 4.74 Å². The van der Waals surface area contributed by atoms with Crippen LogP contribution < -0.4 is 4.74 Å². The Bertz CT molecular complexity index is 388. The van der Waals surface area contributed by atoms with Crippen LogP contribution in [0.4, 0.5) is 0 Å². The Balaban J connectivity index is 2.13. The smallest absolute Gasteiger partial charge is 0.119 e. The molecule has 0 saturated heterocycles. The molecule has 78 valence electrons. The number of methoxy groups -OCH3 is 1. The highest BCUT2D eigenvalue weighted by Gasteiger charge is 2.37. The lowest BCUT2D eigenvalue weighted by molar-refractivity contribution is 0.214. The number of rotatable bonds is 3. The van der Waals surface area contributed by atoms with E-state index in [-0.39, 0.29) is 5.41 Å². The maximum atomic E-state index is 9.14. The van der Waals surface area contributed by atoms with Crippen LogP contribution in [-0.2, 0) is 6.42 Å². The van der Waals surface area contributed by atoms with Gasteiger partial charge in [-0.3, -0.25) is 0 Å². The molecule has 0 aromatic heterocycles. The van der Waals surface area contributed by atoms with Crippen molar-refractivity contribution in [3.63, 3.8) is 0 Å². The van der Waals surface area contributed by atoms with Gasteiger partial charge in [-0.2, -0.15) is 5.26 Å². The lowest BCUT2D eigenvalue weighted by Crippen LogP contribution is -2.29. The van der Waals surface area contributed by atoms with Gasteiger partial charge in [-0.1, -0.05) is 18.6 Å². The first-order chi connectivity index (χ1) is 7.28. The summed E-state index contributed by atoms with van der Waals surface area (Å²) in [6.07, 6.45) is 4.14. The Hall–Kier alpha value is -1.49. The van der Waals surface area contributed by atoms with Crippen molar-refractivity contribution in [3.05, 3.63) is 29.8 Å². The molecule has 0 N–H and O–H groups in total. The zero-order valence-electron chi connectivity index (χ0n) is 8.99. The molecule has 0 unspecified atom stereocenters. The van der Waals surface area contributed by atoms with Crippen LogP contribution in [0.1, 0.15) is 24.8 Å². The predicted octanol–water partition coefficient (Wildman–Crippen LogP) is 2.93. The summed E-state index contributed by atoms with van der Waals surface area (Å²) in [5.41, 5.74) is 1.11. The molecule has 0 bridgehead atoms. The molecule has 0 amide bonds. The second-order valence-corrected chi connectivity index (χ2v) is 4.27. The van der Waals surface area contributed by atoms with Gasteiger partial charge in [0.1, 0.15) is 5.75 Å². The number of nitrogens with zero attached hydrogens (tertiary/aromatic N) is 1. The van der Waals surface area contributed by atoms with E-state index in [0.717, 1.165) is 25.0 Å². The quantitative estimate of drug-likeness (QED) is 0.753. The van der Waals surface area contributed by atoms with Gasteiger partial charge in [-0.15, -0.1) is 0 Å². The molecule has 2 heteroatoms. The van der Waals surface area contributed by atoms with Gasteiger partial charge in [0.05, 0.1) is 18.6 Å². The fraction of sp³-hybridized carbons (Fsp3) is 0.462. The van der Waals surface area contributed by atoms with Crippen LogP contribution >= 0.6 is 0 Å². The maximum Gasteiger partial charge on any atom is 0.119 e. The summed E-state index contributed by atoms with van der Waals surface area (Å²) in [6, 6.07) is 10.5. The Kier molecular flexibility index (Phi) is 2.64. The first-order valence-electron chi connectivity index (χ1n) is 5.32. The molecule has 0 heterocycles. The SMILES string of the molecule is COc1cccc(CC2(C#N)CCC2)c1. The van der Waals surface area contributed by atoms with Crippen LogP contribution in [0.5, 0.6) is 5.75 Å². The molecular weight excluding hydrogens is 186 g/mol. The van der Waals surface area contributed by atoms with Crippen molar-refractivity contribution in [2.24, 2.45) is 5.41 Å². The number of hydrogen-bond acceptors (Lipinski definition) is 2. The summed E-state index contributed by atoms with van der Waals surface area (Å²) in [7, 11) is 1.67. The Morgan fingerprint density at radius 1 is 1.47 bits per heavy atom. The van der Waals surface area contributed by atoms with Gasteiger partial charge in [-0.25, -0.2) is 0 Å². The molecule has 0 radical (unpaired) electrons. The predicted molar refractivity (Wildman–Crippen MR) is 58.6 cm³/mol. The molecule has 1 saturated carbocycles. The lowest BCUT2D eigenvalue weighted by atomic mass is 9.66. The molecule has 0 spiro atoms. The highest BCUT2D eigenvalue weighted by atomic mass is 16.5. The van der Waals surface area contributed by atoms with E-state index in [1.165, 1.54) is 12.0 Å². The van der Waals surface area contributed by atoms with Crippen molar-refractivity contribution in [2.45, 2.75) is 25.7 Å². The van der Waals surface area contributed by atoms with Crippen LogP contribution in [0.15, 0.2) is 24.3 Å². The first-order valence-corrected chi connectivity index (χ1v) is 5.32. The molecule has 1 fully saturated rings. The van der Waals surface area contributed by atoms with Gasteiger partial charge in [0.15, 0.2) is 0 Å². The fourth-order valence-corrected chi connectivity index (χ4v) is 2.10. The van der Waals surface area contributed by atoms with Crippen LogP contribution in [0, 0.1) is 16.7 Å². The second-order valence-electron chi connectivity index (χ2n) is 4.27. The van der Waals surface area contributed by atoms with Crippen molar-refractivity contribution in [1.82, 2.24) is 0 Å². The van der Waals surface area contributed by atoms with Gasteiger partial charge >= 0.3 is 0 Å². The van der Waals surface area contributed by atoms with Gasteiger partial charge in [-0.05, 0) is 37.0 Å². The Morgan fingerprint density at radius 2 is 2.27 bits per heavy atom. The molecular formula is C13H15NO. The number of nitriles is 1. The molecule has 2 rings (SSSR count). The van der Waals surface area contributed by atoms with Gasteiger partial charge in [0.25, 0.3) is 0 Å². The highest BCUT2D eigenvalue weighted by molar-refractivity contribution is 5.30. The minimum atomic E-state index is -0.0909. The first kappa shape index (κ1) is 10.0. The van der Waals surface area contributed by atoms with E-state index in [0.29, 0.717) is 0 Å². The van der Waals surface area contributed by atoms with Crippen LogP contribution in [0.2, 0.25) is 0 Å². The highest BCUT2D eigenvalue weighted by Crippen LogP contribution is 2.43. The standard InChI is InChI=1S/C13H15NO/c1-15-12-5-2-4-11(8-12)9-13(10-14)6-3-7-13/h2,4-5,8H,3,6-7,9H2,1H3. The molecule has 1 aliphatic rings.